The third-order valence-electron chi connectivity index (χ3n) is 7.18. The second-order valence-corrected chi connectivity index (χ2v) is 9.70. The van der Waals surface area contributed by atoms with Crippen LogP contribution in [-0.4, -0.2) is 42.3 Å². The van der Waals surface area contributed by atoms with E-state index >= 15 is 0 Å². The Morgan fingerprint density at radius 1 is 1.00 bits per heavy atom. The normalized spacial score (nSPS) is 17.0. The zero-order valence-corrected chi connectivity index (χ0v) is 19.7. The van der Waals surface area contributed by atoms with E-state index < -0.39 is 29.4 Å². The van der Waals surface area contributed by atoms with Crippen LogP contribution in [0.3, 0.4) is 0 Å². The van der Waals surface area contributed by atoms with Gasteiger partial charge in [-0.3, -0.25) is 9.59 Å². The fourth-order valence-electron chi connectivity index (χ4n) is 5.19. The fourth-order valence-corrected chi connectivity index (χ4v) is 5.19. The predicted octanol–water partition coefficient (Wildman–Crippen LogP) is 4.31. The molecule has 0 heterocycles. The van der Waals surface area contributed by atoms with Gasteiger partial charge in [-0.05, 0) is 41.0 Å². The molecule has 34 heavy (non-hydrogen) atoms. The van der Waals surface area contributed by atoms with Gasteiger partial charge >= 0.3 is 12.1 Å². The summed E-state index contributed by atoms with van der Waals surface area (Å²) in [6, 6.07) is 15.4. The lowest BCUT2D eigenvalue weighted by Crippen LogP contribution is -2.52. The van der Waals surface area contributed by atoms with Crippen molar-refractivity contribution in [2.45, 2.75) is 51.5 Å². The average Bonchev–Trinajstić information content (AvgIpc) is 3.43. The molecule has 180 valence electrons. The van der Waals surface area contributed by atoms with E-state index in [-0.39, 0.29) is 25.0 Å². The largest absolute Gasteiger partial charge is 0.481 e. The van der Waals surface area contributed by atoms with E-state index in [4.69, 9.17) is 4.74 Å². The zero-order valence-electron chi connectivity index (χ0n) is 19.7. The number of hydrogen-bond acceptors (Lipinski definition) is 4. The Labute approximate surface area is 199 Å². The molecule has 1 fully saturated rings. The standard InChI is InChI=1S/C27H32N2O5/c1-17(2)23(24(30)28-16-27(25(31)32)13-7-8-14-27)29-26(33)34-15-22-20-11-5-3-9-18(20)19-10-4-6-12-21(19)22/h3-6,9-12,17,22-23H,7-8,13-16H2,1-2H3,(H,28,30)(H,29,33)(H,31,32)/t23-/m1/s1. The quantitative estimate of drug-likeness (QED) is 0.540. The number of alkyl carbamates (subject to hydrolysis) is 1. The third kappa shape index (κ3) is 4.65. The second-order valence-electron chi connectivity index (χ2n) is 9.70. The minimum atomic E-state index is -0.916. The topological polar surface area (TPSA) is 105 Å². The lowest BCUT2D eigenvalue weighted by atomic mass is 9.86. The number of ether oxygens (including phenoxy) is 1. The summed E-state index contributed by atoms with van der Waals surface area (Å²) in [4.78, 5) is 37.3. The molecule has 1 saturated carbocycles. The van der Waals surface area contributed by atoms with E-state index in [9.17, 15) is 19.5 Å². The Kier molecular flexibility index (Phi) is 6.91. The van der Waals surface area contributed by atoms with Crippen molar-refractivity contribution in [3.63, 3.8) is 0 Å². The Balaban J connectivity index is 1.37. The summed E-state index contributed by atoms with van der Waals surface area (Å²) in [7, 11) is 0. The van der Waals surface area contributed by atoms with Crippen LogP contribution in [0.15, 0.2) is 48.5 Å². The van der Waals surface area contributed by atoms with Gasteiger partial charge in [0.1, 0.15) is 12.6 Å². The molecule has 0 aromatic heterocycles. The summed E-state index contributed by atoms with van der Waals surface area (Å²) in [5, 5.41) is 15.1. The van der Waals surface area contributed by atoms with Crippen LogP contribution < -0.4 is 10.6 Å². The molecule has 2 amide bonds. The van der Waals surface area contributed by atoms with Crippen molar-refractivity contribution in [2.24, 2.45) is 11.3 Å². The van der Waals surface area contributed by atoms with E-state index in [0.717, 1.165) is 35.1 Å². The Hall–Kier alpha value is -3.35. The summed E-state index contributed by atoms with van der Waals surface area (Å²) in [6.07, 6.45) is 2.12. The molecule has 7 nitrogen and oxygen atoms in total. The van der Waals surface area contributed by atoms with Crippen molar-refractivity contribution in [3.05, 3.63) is 59.7 Å². The number of rotatable bonds is 8. The molecule has 7 heteroatoms. The van der Waals surface area contributed by atoms with Crippen LogP contribution in [0.2, 0.25) is 0 Å². The average molecular weight is 465 g/mol. The molecule has 0 aliphatic heterocycles. The number of benzene rings is 2. The number of fused-ring (bicyclic) bond motifs is 3. The maximum atomic E-state index is 12.9. The molecule has 0 radical (unpaired) electrons. The molecule has 0 saturated heterocycles. The summed E-state index contributed by atoms with van der Waals surface area (Å²) < 4.78 is 5.58. The van der Waals surface area contributed by atoms with Crippen LogP contribution in [0.1, 0.15) is 56.6 Å². The van der Waals surface area contributed by atoms with Crippen molar-refractivity contribution in [3.8, 4) is 11.1 Å². The van der Waals surface area contributed by atoms with Gasteiger partial charge in [-0.15, -0.1) is 0 Å². The van der Waals surface area contributed by atoms with Gasteiger partial charge in [0.05, 0.1) is 5.41 Å². The molecule has 2 aliphatic carbocycles. The monoisotopic (exact) mass is 464 g/mol. The van der Waals surface area contributed by atoms with Gasteiger partial charge in [0.2, 0.25) is 5.91 Å². The number of hydrogen-bond donors (Lipinski definition) is 3. The van der Waals surface area contributed by atoms with Gasteiger partial charge in [0, 0.05) is 12.5 Å². The molecule has 0 bridgehead atoms. The van der Waals surface area contributed by atoms with Crippen LogP contribution in [0.25, 0.3) is 11.1 Å². The number of nitrogens with one attached hydrogen (secondary N) is 2. The highest BCUT2D eigenvalue weighted by molar-refractivity contribution is 5.87. The number of carbonyl (C=O) groups is 3. The van der Waals surface area contributed by atoms with Crippen molar-refractivity contribution in [2.75, 3.05) is 13.2 Å². The van der Waals surface area contributed by atoms with E-state index in [1.54, 1.807) is 0 Å². The van der Waals surface area contributed by atoms with Gasteiger partial charge in [0.15, 0.2) is 0 Å². The minimum absolute atomic E-state index is 0.0662. The van der Waals surface area contributed by atoms with Gasteiger partial charge in [-0.1, -0.05) is 75.2 Å². The van der Waals surface area contributed by atoms with Crippen molar-refractivity contribution in [1.82, 2.24) is 10.6 Å². The summed E-state index contributed by atoms with van der Waals surface area (Å²) in [5.74, 6) is -1.53. The van der Waals surface area contributed by atoms with Gasteiger partial charge in [-0.25, -0.2) is 4.79 Å². The maximum Gasteiger partial charge on any atom is 0.407 e. The molecule has 2 aromatic carbocycles. The molecule has 0 spiro atoms. The van der Waals surface area contributed by atoms with E-state index in [0.29, 0.717) is 12.8 Å². The maximum absolute atomic E-state index is 12.9. The zero-order chi connectivity index (χ0) is 24.3. The smallest absolute Gasteiger partial charge is 0.407 e. The Morgan fingerprint density at radius 2 is 1.56 bits per heavy atom. The van der Waals surface area contributed by atoms with Crippen LogP contribution in [0.5, 0.6) is 0 Å². The Bertz CT molecular complexity index is 1030. The number of carboxylic acids is 1. The highest BCUT2D eigenvalue weighted by Crippen LogP contribution is 2.44. The van der Waals surface area contributed by atoms with Crippen molar-refractivity contribution < 1.29 is 24.2 Å². The van der Waals surface area contributed by atoms with Crippen molar-refractivity contribution in [1.29, 1.82) is 0 Å². The first-order chi connectivity index (χ1) is 16.3. The SMILES string of the molecule is CC(C)[C@@H](NC(=O)OCC1c2ccccc2-c2ccccc21)C(=O)NCC1(C(=O)O)CCCC1. The third-order valence-corrected chi connectivity index (χ3v) is 7.18. The van der Waals surface area contributed by atoms with Crippen molar-refractivity contribution >= 4 is 18.0 Å². The van der Waals surface area contributed by atoms with Gasteiger partial charge in [-0.2, -0.15) is 0 Å². The highest BCUT2D eigenvalue weighted by Gasteiger charge is 2.42. The predicted molar refractivity (Wildman–Crippen MR) is 128 cm³/mol. The molecule has 1 atom stereocenters. The lowest BCUT2D eigenvalue weighted by Gasteiger charge is -2.27. The minimum Gasteiger partial charge on any atom is -0.481 e. The molecule has 3 N–H and O–H groups in total. The summed E-state index contributed by atoms with van der Waals surface area (Å²) >= 11 is 0. The number of amides is 2. The summed E-state index contributed by atoms with van der Waals surface area (Å²) in [5.41, 5.74) is 3.60. The van der Waals surface area contributed by atoms with Crippen LogP contribution in [-0.2, 0) is 14.3 Å². The fraction of sp³-hybridized carbons (Fsp3) is 0.444. The van der Waals surface area contributed by atoms with Crippen LogP contribution in [0.4, 0.5) is 4.79 Å². The van der Waals surface area contributed by atoms with Crippen LogP contribution >= 0.6 is 0 Å². The number of carbonyl (C=O) groups excluding carboxylic acids is 2. The highest BCUT2D eigenvalue weighted by atomic mass is 16.5. The van der Waals surface area contributed by atoms with Crippen LogP contribution in [0, 0.1) is 11.3 Å². The Morgan fingerprint density at radius 3 is 2.09 bits per heavy atom. The lowest BCUT2D eigenvalue weighted by molar-refractivity contribution is -0.148. The van der Waals surface area contributed by atoms with E-state index in [1.165, 1.54) is 0 Å². The first kappa shape index (κ1) is 23.8. The number of aliphatic carboxylic acids is 1. The summed E-state index contributed by atoms with van der Waals surface area (Å²) in [6.45, 7) is 3.89. The van der Waals surface area contributed by atoms with E-state index in [1.807, 2.05) is 50.2 Å². The molecule has 4 rings (SSSR count). The van der Waals surface area contributed by atoms with Gasteiger partial charge < -0.3 is 20.5 Å². The van der Waals surface area contributed by atoms with E-state index in [2.05, 4.69) is 22.8 Å². The molecule has 0 unspecified atom stereocenters. The first-order valence-electron chi connectivity index (χ1n) is 11.9. The first-order valence-corrected chi connectivity index (χ1v) is 11.9. The molecule has 2 aromatic rings. The van der Waals surface area contributed by atoms with Gasteiger partial charge in [0.25, 0.3) is 0 Å². The second kappa shape index (κ2) is 9.87. The molecular weight excluding hydrogens is 432 g/mol. The molecular formula is C27H32N2O5. The molecule has 2 aliphatic rings. The number of carboxylic acid groups (broad SMARTS) is 1.